The van der Waals surface area contributed by atoms with Crippen LogP contribution in [0.1, 0.15) is 32.1 Å². The van der Waals surface area contributed by atoms with Gasteiger partial charge in [-0.15, -0.1) is 0 Å². The van der Waals surface area contributed by atoms with Crippen LogP contribution in [-0.2, 0) is 9.53 Å². The van der Waals surface area contributed by atoms with Crippen molar-refractivity contribution in [1.29, 1.82) is 0 Å². The lowest BCUT2D eigenvalue weighted by Gasteiger charge is -2.48. The fourth-order valence-electron chi connectivity index (χ4n) is 2.79. The van der Waals surface area contributed by atoms with Crippen LogP contribution in [-0.4, -0.2) is 43.4 Å². The molecule has 0 radical (unpaired) electrons. The second kappa shape index (κ2) is 5.66. The van der Waals surface area contributed by atoms with E-state index >= 15 is 0 Å². The number of rotatable bonds is 4. The van der Waals surface area contributed by atoms with Gasteiger partial charge in [0.15, 0.2) is 0 Å². The summed E-state index contributed by atoms with van der Waals surface area (Å²) >= 11 is 0. The number of piperidine rings is 1. The second-order valence-corrected chi connectivity index (χ2v) is 5.43. The van der Waals surface area contributed by atoms with E-state index in [-0.39, 0.29) is 11.6 Å². The zero-order chi connectivity index (χ0) is 13.9. The van der Waals surface area contributed by atoms with Gasteiger partial charge in [-0.1, -0.05) is 0 Å². The van der Waals surface area contributed by atoms with E-state index in [9.17, 15) is 18.0 Å². The summed E-state index contributed by atoms with van der Waals surface area (Å²) in [7, 11) is 0. The Balaban J connectivity index is 1.67. The van der Waals surface area contributed by atoms with E-state index in [1.165, 1.54) is 6.42 Å². The number of halogens is 3. The molecule has 1 aliphatic heterocycles. The molecule has 2 fully saturated rings. The molecule has 2 N–H and O–H groups in total. The molecule has 1 unspecified atom stereocenters. The normalized spacial score (nSPS) is 25.9. The molecule has 1 aliphatic carbocycles. The standard InChI is InChI=1S/C12H19F3N2O2/c13-12(14,15)8-19-7-10(18)17-9-2-5-16-11(6-9)3-1-4-11/h9,16H,1-8H2,(H,17,18). The number of ether oxygens (including phenoxy) is 1. The van der Waals surface area contributed by atoms with Crippen LogP contribution in [0.3, 0.4) is 0 Å². The van der Waals surface area contributed by atoms with Gasteiger partial charge in [0, 0.05) is 11.6 Å². The molecule has 2 aliphatic rings. The van der Waals surface area contributed by atoms with Gasteiger partial charge in [-0.25, -0.2) is 0 Å². The van der Waals surface area contributed by atoms with Crippen molar-refractivity contribution in [1.82, 2.24) is 10.6 Å². The number of nitrogens with one attached hydrogen (secondary N) is 2. The number of carbonyl (C=O) groups is 1. The van der Waals surface area contributed by atoms with Crippen molar-refractivity contribution in [3.63, 3.8) is 0 Å². The predicted molar refractivity (Wildman–Crippen MR) is 62.6 cm³/mol. The molecule has 0 bridgehead atoms. The Morgan fingerprint density at radius 1 is 1.42 bits per heavy atom. The minimum Gasteiger partial charge on any atom is -0.362 e. The highest BCUT2D eigenvalue weighted by Gasteiger charge is 2.41. The molecule has 1 amide bonds. The average Bonchev–Trinajstić information content (AvgIpc) is 2.25. The van der Waals surface area contributed by atoms with E-state index in [1.807, 2.05) is 0 Å². The lowest BCUT2D eigenvalue weighted by atomic mass is 9.70. The van der Waals surface area contributed by atoms with Gasteiger partial charge < -0.3 is 15.4 Å². The Kier molecular flexibility index (Phi) is 4.35. The van der Waals surface area contributed by atoms with E-state index in [4.69, 9.17) is 0 Å². The maximum atomic E-state index is 11.9. The molecule has 0 aromatic heterocycles. The van der Waals surface area contributed by atoms with Crippen LogP contribution in [0.15, 0.2) is 0 Å². The van der Waals surface area contributed by atoms with Gasteiger partial charge in [-0.2, -0.15) is 13.2 Å². The lowest BCUT2D eigenvalue weighted by molar-refractivity contribution is -0.175. The summed E-state index contributed by atoms with van der Waals surface area (Å²) in [6.45, 7) is -1.07. The summed E-state index contributed by atoms with van der Waals surface area (Å²) < 4.78 is 39.9. The summed E-state index contributed by atoms with van der Waals surface area (Å²) in [5.74, 6) is -0.467. The maximum absolute atomic E-state index is 11.9. The van der Waals surface area contributed by atoms with Crippen LogP contribution in [0, 0.1) is 0 Å². The van der Waals surface area contributed by atoms with Crippen molar-refractivity contribution in [2.75, 3.05) is 19.8 Å². The minimum atomic E-state index is -4.38. The zero-order valence-electron chi connectivity index (χ0n) is 10.7. The first-order valence-electron chi connectivity index (χ1n) is 6.57. The highest BCUT2D eigenvalue weighted by atomic mass is 19.4. The third-order valence-corrected chi connectivity index (χ3v) is 3.80. The predicted octanol–water partition coefficient (Wildman–Crippen LogP) is 1.36. The summed E-state index contributed by atoms with van der Waals surface area (Å²) in [6.07, 6.45) is 0.714. The Morgan fingerprint density at radius 2 is 2.16 bits per heavy atom. The van der Waals surface area contributed by atoms with Crippen molar-refractivity contribution in [2.45, 2.75) is 49.9 Å². The topological polar surface area (TPSA) is 50.4 Å². The molecule has 1 saturated carbocycles. The molecule has 2 rings (SSSR count). The highest BCUT2D eigenvalue weighted by molar-refractivity contribution is 5.77. The Bertz CT molecular complexity index is 329. The minimum absolute atomic E-state index is 0.0449. The molecule has 1 spiro atoms. The van der Waals surface area contributed by atoms with Gasteiger partial charge in [-0.3, -0.25) is 4.79 Å². The number of alkyl halides is 3. The van der Waals surface area contributed by atoms with Crippen molar-refractivity contribution in [3.8, 4) is 0 Å². The molecule has 0 aromatic carbocycles. The van der Waals surface area contributed by atoms with Crippen LogP contribution < -0.4 is 10.6 Å². The Labute approximate surface area is 110 Å². The summed E-state index contributed by atoms with van der Waals surface area (Å²) in [6, 6.07) is 0.0449. The molecular weight excluding hydrogens is 261 g/mol. The molecular formula is C12H19F3N2O2. The molecule has 4 nitrogen and oxygen atoms in total. The fraction of sp³-hybridized carbons (Fsp3) is 0.917. The van der Waals surface area contributed by atoms with Crippen molar-refractivity contribution < 1.29 is 22.7 Å². The molecule has 110 valence electrons. The van der Waals surface area contributed by atoms with E-state index in [1.54, 1.807) is 0 Å². The third kappa shape index (κ3) is 4.35. The first kappa shape index (κ1) is 14.6. The summed E-state index contributed by atoms with van der Waals surface area (Å²) in [5, 5.41) is 6.22. The monoisotopic (exact) mass is 280 g/mol. The number of hydrogen-bond donors (Lipinski definition) is 2. The smallest absolute Gasteiger partial charge is 0.362 e. The van der Waals surface area contributed by atoms with Gasteiger partial charge in [-0.05, 0) is 38.6 Å². The quantitative estimate of drug-likeness (QED) is 0.817. The molecule has 19 heavy (non-hydrogen) atoms. The highest BCUT2D eigenvalue weighted by Crippen LogP contribution is 2.38. The molecule has 7 heteroatoms. The first-order chi connectivity index (χ1) is 8.89. The van der Waals surface area contributed by atoms with Crippen LogP contribution >= 0.6 is 0 Å². The number of carbonyl (C=O) groups excluding carboxylic acids is 1. The van der Waals surface area contributed by atoms with Crippen LogP contribution in [0.5, 0.6) is 0 Å². The third-order valence-electron chi connectivity index (χ3n) is 3.80. The maximum Gasteiger partial charge on any atom is 0.411 e. The van der Waals surface area contributed by atoms with Gasteiger partial charge in [0.2, 0.25) is 5.91 Å². The van der Waals surface area contributed by atoms with Crippen molar-refractivity contribution in [3.05, 3.63) is 0 Å². The fourth-order valence-corrected chi connectivity index (χ4v) is 2.79. The summed E-state index contributed by atoms with van der Waals surface area (Å²) in [5.41, 5.74) is 0.156. The number of hydrogen-bond acceptors (Lipinski definition) is 3. The molecule has 1 heterocycles. The Morgan fingerprint density at radius 3 is 2.74 bits per heavy atom. The molecule has 0 aromatic rings. The van der Waals surface area contributed by atoms with Gasteiger partial charge in [0.25, 0.3) is 0 Å². The first-order valence-corrected chi connectivity index (χ1v) is 6.57. The van der Waals surface area contributed by atoms with Crippen LogP contribution in [0.25, 0.3) is 0 Å². The zero-order valence-corrected chi connectivity index (χ0v) is 10.7. The molecule has 1 atom stereocenters. The van der Waals surface area contributed by atoms with Gasteiger partial charge in [0.1, 0.15) is 13.2 Å². The van der Waals surface area contributed by atoms with Crippen LogP contribution in [0.2, 0.25) is 0 Å². The van der Waals surface area contributed by atoms with E-state index < -0.39 is 25.3 Å². The second-order valence-electron chi connectivity index (χ2n) is 5.43. The molecule has 1 saturated heterocycles. The van der Waals surface area contributed by atoms with E-state index in [0.717, 1.165) is 32.2 Å². The van der Waals surface area contributed by atoms with Crippen molar-refractivity contribution >= 4 is 5.91 Å². The van der Waals surface area contributed by atoms with Crippen molar-refractivity contribution in [2.24, 2.45) is 0 Å². The van der Waals surface area contributed by atoms with Gasteiger partial charge >= 0.3 is 6.18 Å². The number of amides is 1. The average molecular weight is 280 g/mol. The summed E-state index contributed by atoms with van der Waals surface area (Å²) in [4.78, 5) is 11.5. The van der Waals surface area contributed by atoms with E-state index in [2.05, 4.69) is 15.4 Å². The van der Waals surface area contributed by atoms with E-state index in [0.29, 0.717) is 0 Å². The largest absolute Gasteiger partial charge is 0.411 e. The van der Waals surface area contributed by atoms with Gasteiger partial charge in [0.05, 0.1) is 0 Å². The SMILES string of the molecule is O=C(COCC(F)(F)F)NC1CCNC2(CCC2)C1. The Hall–Kier alpha value is -0.820. The van der Waals surface area contributed by atoms with Crippen LogP contribution in [0.4, 0.5) is 13.2 Å². The lowest BCUT2D eigenvalue weighted by Crippen LogP contribution is -2.60.